The molecule has 1 saturated heterocycles. The molecule has 1 aliphatic heterocycles. The van der Waals surface area contributed by atoms with Crippen LogP contribution < -0.4 is 9.47 Å². The molecule has 2 amide bonds. The highest BCUT2D eigenvalue weighted by Gasteiger charge is 2.31. The molecule has 9 nitrogen and oxygen atoms in total. The molecule has 2 aromatic rings. The van der Waals surface area contributed by atoms with Crippen LogP contribution in [0, 0.1) is 11.8 Å². The van der Waals surface area contributed by atoms with E-state index >= 15 is 0 Å². The Kier molecular flexibility index (Phi) is 9.69. The van der Waals surface area contributed by atoms with E-state index in [4.69, 9.17) is 25.8 Å². The second kappa shape index (κ2) is 13.2. The van der Waals surface area contributed by atoms with Crippen molar-refractivity contribution in [3.8, 4) is 11.5 Å². The first-order valence-electron chi connectivity index (χ1n) is 13.2. The Bertz CT molecular complexity index is 1150. The van der Waals surface area contributed by atoms with E-state index in [1.165, 1.54) is 0 Å². The summed E-state index contributed by atoms with van der Waals surface area (Å²) < 4.78 is 16.1. The summed E-state index contributed by atoms with van der Waals surface area (Å²) in [5.74, 6) is 0.183. The Hall–Kier alpha value is -3.30. The minimum atomic E-state index is -0.693. The van der Waals surface area contributed by atoms with E-state index in [9.17, 15) is 19.5 Å². The van der Waals surface area contributed by atoms with E-state index in [2.05, 4.69) is 11.8 Å². The highest BCUT2D eigenvalue weighted by atomic mass is 35.5. The Balaban J connectivity index is 1.45. The van der Waals surface area contributed by atoms with Crippen molar-refractivity contribution >= 4 is 29.6 Å². The fraction of sp³-hybridized carbons (Fsp3) is 0.483. The SMILES string of the molecule is COc1cc(CN(CC2CCC(C(=O)O)CC2)[C@@H](C)c2ccc(Cl)cc2)ccc1OCCN1C(=O)COC1=O. The van der Waals surface area contributed by atoms with E-state index in [0.717, 1.165) is 35.4 Å². The zero-order chi connectivity index (χ0) is 27.9. The molecule has 210 valence electrons. The standard InChI is InChI=1S/C29H35ClN2O7/c1-19(22-8-10-24(30)11-9-22)31(16-20-3-6-23(7-4-20)28(34)35)17-21-5-12-25(26(15-21)37-2)38-14-13-32-27(33)18-39-29(32)36/h5,8-12,15,19-20,23H,3-4,6-7,13-14,16-18H2,1-2H3,(H,34,35)/t19-,20?,23?/m0/s1. The lowest BCUT2D eigenvalue weighted by Gasteiger charge is -2.35. The average molecular weight is 559 g/mol. The topological polar surface area (TPSA) is 106 Å². The number of carboxylic acids is 1. The van der Waals surface area contributed by atoms with Crippen molar-refractivity contribution in [1.29, 1.82) is 0 Å². The first-order chi connectivity index (χ1) is 18.7. The van der Waals surface area contributed by atoms with Gasteiger partial charge in [0, 0.05) is 24.2 Å². The van der Waals surface area contributed by atoms with Gasteiger partial charge in [0.15, 0.2) is 18.1 Å². The fourth-order valence-corrected chi connectivity index (χ4v) is 5.37. The van der Waals surface area contributed by atoms with E-state index in [0.29, 0.717) is 41.8 Å². The third-order valence-electron chi connectivity index (χ3n) is 7.62. The maximum atomic E-state index is 11.7. The van der Waals surface area contributed by atoms with Gasteiger partial charge < -0.3 is 19.3 Å². The lowest BCUT2D eigenvalue weighted by atomic mass is 9.81. The number of cyclic esters (lactones) is 1. The van der Waals surface area contributed by atoms with Gasteiger partial charge in [-0.1, -0.05) is 29.8 Å². The van der Waals surface area contributed by atoms with Gasteiger partial charge in [-0.2, -0.15) is 0 Å². The normalized spacial score (nSPS) is 20.2. The van der Waals surface area contributed by atoms with Gasteiger partial charge in [0.05, 0.1) is 19.6 Å². The van der Waals surface area contributed by atoms with Crippen LogP contribution in [0.2, 0.25) is 5.02 Å². The molecule has 10 heteroatoms. The number of nitrogens with zero attached hydrogens (tertiary/aromatic N) is 2. The number of carbonyl (C=O) groups is 3. The van der Waals surface area contributed by atoms with Crippen LogP contribution >= 0.6 is 11.6 Å². The number of aliphatic carboxylic acids is 1. The second-order valence-electron chi connectivity index (χ2n) is 10.1. The highest BCUT2D eigenvalue weighted by Crippen LogP contribution is 2.34. The molecule has 1 aliphatic carbocycles. The molecule has 1 heterocycles. The van der Waals surface area contributed by atoms with Crippen molar-refractivity contribution in [1.82, 2.24) is 9.80 Å². The zero-order valence-electron chi connectivity index (χ0n) is 22.3. The molecule has 4 rings (SSSR count). The lowest BCUT2D eigenvalue weighted by Crippen LogP contribution is -2.34. The molecule has 0 spiro atoms. The minimum Gasteiger partial charge on any atom is -0.493 e. The summed E-state index contributed by atoms with van der Waals surface area (Å²) in [5, 5.41) is 10.1. The van der Waals surface area contributed by atoms with Gasteiger partial charge in [-0.25, -0.2) is 9.69 Å². The van der Waals surface area contributed by atoms with E-state index in [1.807, 2.05) is 42.5 Å². The van der Waals surface area contributed by atoms with Crippen LogP contribution in [0.1, 0.15) is 49.8 Å². The number of rotatable bonds is 12. The summed E-state index contributed by atoms with van der Waals surface area (Å²) in [7, 11) is 1.57. The van der Waals surface area contributed by atoms with E-state index < -0.39 is 12.1 Å². The number of carbonyl (C=O) groups excluding carboxylic acids is 2. The molecule has 1 atom stereocenters. The quantitative estimate of drug-likeness (QED) is 0.381. The number of hydrogen-bond acceptors (Lipinski definition) is 7. The lowest BCUT2D eigenvalue weighted by molar-refractivity contribution is -0.143. The largest absolute Gasteiger partial charge is 0.493 e. The highest BCUT2D eigenvalue weighted by molar-refractivity contribution is 6.30. The van der Waals surface area contributed by atoms with Crippen molar-refractivity contribution in [2.24, 2.45) is 11.8 Å². The van der Waals surface area contributed by atoms with E-state index in [-0.39, 0.29) is 37.6 Å². The molecule has 1 N–H and O–H groups in total. The van der Waals surface area contributed by atoms with Gasteiger partial charge in [-0.3, -0.25) is 14.5 Å². The Morgan fingerprint density at radius 1 is 1.13 bits per heavy atom. The number of imide groups is 1. The van der Waals surface area contributed by atoms with Crippen LogP contribution in [0.4, 0.5) is 4.79 Å². The van der Waals surface area contributed by atoms with Gasteiger partial charge in [0.1, 0.15) is 6.61 Å². The summed E-state index contributed by atoms with van der Waals surface area (Å²) in [4.78, 5) is 38.2. The molecule has 39 heavy (non-hydrogen) atoms. The monoisotopic (exact) mass is 558 g/mol. The van der Waals surface area contributed by atoms with Gasteiger partial charge >= 0.3 is 12.1 Å². The van der Waals surface area contributed by atoms with Gasteiger partial charge in [0.25, 0.3) is 5.91 Å². The van der Waals surface area contributed by atoms with E-state index in [1.54, 1.807) is 7.11 Å². The number of methoxy groups -OCH3 is 1. The van der Waals surface area contributed by atoms with Crippen LogP contribution in [0.25, 0.3) is 0 Å². The predicted molar refractivity (Wildman–Crippen MR) is 145 cm³/mol. The summed E-state index contributed by atoms with van der Waals surface area (Å²) in [5.41, 5.74) is 2.19. The van der Waals surface area contributed by atoms with Crippen molar-refractivity contribution in [2.45, 2.75) is 45.2 Å². The van der Waals surface area contributed by atoms with Gasteiger partial charge in [-0.15, -0.1) is 0 Å². The number of halogens is 1. The maximum Gasteiger partial charge on any atom is 0.417 e. The average Bonchev–Trinajstić information content (AvgIpc) is 3.26. The number of ether oxygens (including phenoxy) is 3. The molecule has 0 aromatic heterocycles. The Morgan fingerprint density at radius 2 is 1.85 bits per heavy atom. The Labute approximate surface area is 233 Å². The maximum absolute atomic E-state index is 11.7. The molecule has 0 radical (unpaired) electrons. The van der Waals surface area contributed by atoms with Crippen LogP contribution in [0.5, 0.6) is 11.5 Å². The first-order valence-corrected chi connectivity index (χ1v) is 13.6. The first kappa shape index (κ1) is 28.7. The third-order valence-corrected chi connectivity index (χ3v) is 7.87. The molecule has 0 unspecified atom stereocenters. The summed E-state index contributed by atoms with van der Waals surface area (Å²) >= 11 is 6.13. The number of benzene rings is 2. The molecule has 2 aromatic carbocycles. The summed E-state index contributed by atoms with van der Waals surface area (Å²) in [6, 6.07) is 13.7. The zero-order valence-corrected chi connectivity index (χ0v) is 23.1. The van der Waals surface area contributed by atoms with Gasteiger partial charge in [-0.05, 0) is 73.9 Å². The number of hydrogen-bond donors (Lipinski definition) is 1. The van der Waals surface area contributed by atoms with Crippen molar-refractivity contribution in [3.05, 3.63) is 58.6 Å². The fourth-order valence-electron chi connectivity index (χ4n) is 5.24. The van der Waals surface area contributed by atoms with Crippen LogP contribution in [0.3, 0.4) is 0 Å². The smallest absolute Gasteiger partial charge is 0.417 e. The number of amides is 2. The van der Waals surface area contributed by atoms with Crippen LogP contribution in [-0.2, 0) is 20.9 Å². The van der Waals surface area contributed by atoms with Gasteiger partial charge in [0.2, 0.25) is 0 Å². The van der Waals surface area contributed by atoms with Crippen molar-refractivity contribution in [3.63, 3.8) is 0 Å². The molecule has 2 fully saturated rings. The van der Waals surface area contributed by atoms with Crippen LogP contribution in [0.15, 0.2) is 42.5 Å². The van der Waals surface area contributed by atoms with Crippen LogP contribution in [-0.4, -0.2) is 66.3 Å². The molecule has 2 aliphatic rings. The second-order valence-corrected chi connectivity index (χ2v) is 10.6. The third kappa shape index (κ3) is 7.42. The van der Waals surface area contributed by atoms with Crippen molar-refractivity contribution < 1.29 is 33.7 Å². The number of carboxylic acid groups (broad SMARTS) is 1. The summed E-state index contributed by atoms with van der Waals surface area (Å²) in [6.45, 7) is 3.66. The Morgan fingerprint density at radius 3 is 2.46 bits per heavy atom. The predicted octanol–water partition coefficient (Wildman–Crippen LogP) is 5.16. The van der Waals surface area contributed by atoms with Crippen molar-refractivity contribution in [2.75, 3.05) is 33.4 Å². The minimum absolute atomic E-state index is 0.0963. The molecule has 1 saturated carbocycles. The molecular weight excluding hydrogens is 524 g/mol. The molecular formula is C29H35ClN2O7. The molecule has 0 bridgehead atoms. The summed E-state index contributed by atoms with van der Waals surface area (Å²) in [6.07, 6.45) is 2.55.